The maximum absolute atomic E-state index is 16.2. The molecule has 1 aromatic carbocycles. The van der Waals surface area contributed by atoms with E-state index >= 15 is 8.78 Å². The van der Waals surface area contributed by atoms with Gasteiger partial charge in [-0.2, -0.15) is 8.42 Å². The first-order valence-corrected chi connectivity index (χ1v) is 13.2. The van der Waals surface area contributed by atoms with Gasteiger partial charge in [0.25, 0.3) is 0 Å². The predicted octanol–water partition coefficient (Wildman–Crippen LogP) is 1.12. The average Bonchev–Trinajstić information content (AvgIpc) is 3.54. The fraction of sp³-hybridized carbons (Fsp3) is 0.500. The summed E-state index contributed by atoms with van der Waals surface area (Å²) in [5.74, 6) is -3.59. The number of nitrogens with one attached hydrogen (secondary N) is 1. The van der Waals surface area contributed by atoms with Crippen molar-refractivity contribution in [2.75, 3.05) is 49.7 Å². The van der Waals surface area contributed by atoms with Crippen LogP contribution in [0, 0.1) is 17.0 Å². The molecule has 2 aliphatic heterocycles. The van der Waals surface area contributed by atoms with E-state index in [1.54, 1.807) is 6.92 Å². The molecule has 194 valence electrons. The van der Waals surface area contributed by atoms with Crippen LogP contribution in [0.1, 0.15) is 36.2 Å². The zero-order chi connectivity index (χ0) is 26.0. The lowest BCUT2D eigenvalue weighted by Gasteiger charge is -2.39. The van der Waals surface area contributed by atoms with Crippen molar-refractivity contribution in [2.45, 2.75) is 25.8 Å². The fourth-order valence-corrected chi connectivity index (χ4v) is 5.19. The Labute approximate surface area is 204 Å². The van der Waals surface area contributed by atoms with Gasteiger partial charge >= 0.3 is 16.1 Å². The molecule has 3 aliphatic rings. The van der Waals surface area contributed by atoms with Crippen LogP contribution >= 0.6 is 0 Å². The number of aromatic nitrogens is 1. The molecular weight excluding hydrogens is 500 g/mol. The molecule has 11 nitrogen and oxygen atoms in total. The lowest BCUT2D eigenvalue weighted by Crippen LogP contribution is -2.58. The van der Waals surface area contributed by atoms with Crippen molar-refractivity contribution < 1.29 is 31.0 Å². The van der Waals surface area contributed by atoms with Gasteiger partial charge in [-0.1, -0.05) is 5.16 Å². The van der Waals surface area contributed by atoms with Gasteiger partial charge in [0.1, 0.15) is 17.9 Å². The van der Waals surface area contributed by atoms with Gasteiger partial charge in [0, 0.05) is 31.9 Å². The highest BCUT2D eigenvalue weighted by Crippen LogP contribution is 2.44. The van der Waals surface area contributed by atoms with Crippen LogP contribution in [0.3, 0.4) is 0 Å². The first-order chi connectivity index (χ1) is 17.0. The molecular formula is C22H25F2N5O6S. The number of fused-ring (bicyclic) bond motifs is 1. The number of oxime groups is 1. The monoisotopic (exact) mass is 525 g/mol. The Hall–Kier alpha value is -3.26. The van der Waals surface area contributed by atoms with Crippen molar-refractivity contribution in [3.63, 3.8) is 0 Å². The van der Waals surface area contributed by atoms with Crippen LogP contribution in [0.2, 0.25) is 0 Å². The van der Waals surface area contributed by atoms with Crippen molar-refractivity contribution in [3.05, 3.63) is 33.6 Å². The molecule has 0 amide bonds. The number of hydrogen-bond acceptors (Lipinski definition) is 10. The Bertz CT molecular complexity index is 1480. The van der Waals surface area contributed by atoms with Gasteiger partial charge in [-0.05, 0) is 19.8 Å². The molecule has 0 bridgehead atoms. The standard InChI is InChI=1S/C22H25F2N5O6S/c1-3-34-27-13-7-28(10-22(13)8-26-9-22)19-15(23)17(25)14-18(16(19)24)29(11-4-5-11)6-12(20(14)30)21(31)35-36(2,32)33/h6,11,26H,3-5,7-10,25H2,1-2H3/b27-13+. The van der Waals surface area contributed by atoms with Gasteiger partial charge in [0.15, 0.2) is 11.6 Å². The molecule has 0 atom stereocenters. The second-order valence-electron chi connectivity index (χ2n) is 9.39. The van der Waals surface area contributed by atoms with Crippen molar-refractivity contribution in [2.24, 2.45) is 10.6 Å². The van der Waals surface area contributed by atoms with Gasteiger partial charge in [0.2, 0.25) is 5.43 Å². The molecule has 14 heteroatoms. The van der Waals surface area contributed by atoms with Gasteiger partial charge in [-0.25, -0.2) is 13.6 Å². The summed E-state index contributed by atoms with van der Waals surface area (Å²) in [5, 5.41) is 6.79. The molecule has 0 unspecified atom stereocenters. The van der Waals surface area contributed by atoms with Gasteiger partial charge in [0.05, 0.1) is 40.5 Å². The van der Waals surface area contributed by atoms with Crippen molar-refractivity contribution in [1.29, 1.82) is 0 Å². The molecule has 2 saturated heterocycles. The van der Waals surface area contributed by atoms with E-state index in [-0.39, 0.29) is 24.6 Å². The fourth-order valence-electron chi connectivity index (χ4n) is 4.83. The van der Waals surface area contributed by atoms with Crippen LogP contribution in [-0.4, -0.2) is 63.7 Å². The highest BCUT2D eigenvalue weighted by atomic mass is 32.2. The number of anilines is 2. The van der Waals surface area contributed by atoms with E-state index in [2.05, 4.69) is 14.7 Å². The zero-order valence-corrected chi connectivity index (χ0v) is 20.5. The Morgan fingerprint density at radius 2 is 2.00 bits per heavy atom. The first-order valence-electron chi connectivity index (χ1n) is 11.4. The quantitative estimate of drug-likeness (QED) is 0.322. The number of benzene rings is 1. The highest BCUT2D eigenvalue weighted by molar-refractivity contribution is 7.86. The number of nitrogens with two attached hydrogens (primary N) is 1. The number of nitrogens with zero attached hydrogens (tertiary/aromatic N) is 3. The molecule has 1 aromatic heterocycles. The topological polar surface area (TPSA) is 145 Å². The predicted molar refractivity (Wildman–Crippen MR) is 128 cm³/mol. The van der Waals surface area contributed by atoms with E-state index in [0.29, 0.717) is 44.5 Å². The summed E-state index contributed by atoms with van der Waals surface area (Å²) >= 11 is 0. The first kappa shape index (κ1) is 24.4. The Morgan fingerprint density at radius 1 is 1.31 bits per heavy atom. The molecule has 0 radical (unpaired) electrons. The lowest BCUT2D eigenvalue weighted by molar-refractivity contribution is 0.0746. The van der Waals surface area contributed by atoms with Gasteiger partial charge in [-0.3, -0.25) is 4.79 Å². The van der Waals surface area contributed by atoms with Crippen molar-refractivity contribution >= 4 is 44.1 Å². The molecule has 3 fully saturated rings. The summed E-state index contributed by atoms with van der Waals surface area (Å²) in [4.78, 5) is 32.3. The van der Waals surface area contributed by atoms with E-state index in [9.17, 15) is 18.0 Å². The number of carbonyl (C=O) groups excluding carboxylic acids is 1. The summed E-state index contributed by atoms with van der Waals surface area (Å²) in [5.41, 5.74) is 3.20. The van der Waals surface area contributed by atoms with Crippen LogP contribution in [0.25, 0.3) is 10.9 Å². The van der Waals surface area contributed by atoms with Gasteiger partial charge < -0.3 is 29.5 Å². The van der Waals surface area contributed by atoms with E-state index in [4.69, 9.17) is 10.6 Å². The number of halogens is 2. The second-order valence-corrected chi connectivity index (χ2v) is 11.0. The van der Waals surface area contributed by atoms with Gasteiger partial charge in [-0.15, -0.1) is 0 Å². The number of pyridine rings is 1. The minimum Gasteiger partial charge on any atom is -0.396 e. The maximum Gasteiger partial charge on any atom is 0.359 e. The summed E-state index contributed by atoms with van der Waals surface area (Å²) in [6.45, 7) is 3.63. The van der Waals surface area contributed by atoms with Crippen LogP contribution in [0.4, 0.5) is 20.2 Å². The van der Waals surface area contributed by atoms with E-state index < -0.39 is 60.9 Å². The average molecular weight is 526 g/mol. The van der Waals surface area contributed by atoms with Crippen molar-refractivity contribution in [1.82, 2.24) is 9.88 Å². The summed E-state index contributed by atoms with van der Waals surface area (Å²) in [6, 6.07) is -0.277. The highest BCUT2D eigenvalue weighted by Gasteiger charge is 2.50. The van der Waals surface area contributed by atoms with Crippen LogP contribution in [0.5, 0.6) is 0 Å². The lowest BCUT2D eigenvalue weighted by atomic mass is 9.79. The molecule has 3 N–H and O–H groups in total. The van der Waals surface area contributed by atoms with Crippen molar-refractivity contribution in [3.8, 4) is 0 Å². The van der Waals surface area contributed by atoms with E-state index in [1.165, 1.54) is 9.47 Å². The third-order valence-corrected chi connectivity index (χ3v) is 7.20. The van der Waals surface area contributed by atoms with E-state index in [1.807, 2.05) is 0 Å². The summed E-state index contributed by atoms with van der Waals surface area (Å²) in [6.07, 6.45) is 2.95. The van der Waals surface area contributed by atoms with Crippen LogP contribution in [-0.2, 0) is 19.1 Å². The molecule has 36 heavy (non-hydrogen) atoms. The number of rotatable bonds is 6. The van der Waals surface area contributed by atoms with E-state index in [0.717, 1.165) is 6.20 Å². The zero-order valence-electron chi connectivity index (χ0n) is 19.6. The third kappa shape index (κ3) is 3.88. The Morgan fingerprint density at radius 3 is 2.56 bits per heavy atom. The molecule has 1 saturated carbocycles. The Kier molecular flexibility index (Phi) is 5.70. The molecule has 5 rings (SSSR count). The number of hydrogen-bond donors (Lipinski definition) is 2. The maximum atomic E-state index is 16.2. The normalized spacial score (nSPS) is 20.2. The minimum absolute atomic E-state index is 0.104. The number of nitrogen functional groups attached to an aromatic ring is 1. The second kappa shape index (κ2) is 8.40. The molecule has 1 aliphatic carbocycles. The summed E-state index contributed by atoms with van der Waals surface area (Å²) < 4.78 is 60.4. The SMILES string of the molecule is CCO/N=C1\CN(c2c(F)c(N)c3c(=O)c(C(=O)OS(C)(=O)=O)cn(C4CC4)c3c2F)CC12CNC2. The van der Waals surface area contributed by atoms with Crippen LogP contribution < -0.4 is 21.4 Å². The Balaban J connectivity index is 1.69. The minimum atomic E-state index is -4.23. The van der Waals surface area contributed by atoms with Crippen LogP contribution in [0.15, 0.2) is 16.1 Å². The molecule has 2 aromatic rings. The smallest absolute Gasteiger partial charge is 0.359 e. The number of carbonyl (C=O) groups is 1. The molecule has 3 heterocycles. The molecule has 1 spiro atoms. The summed E-state index contributed by atoms with van der Waals surface area (Å²) in [7, 11) is -4.23. The third-order valence-electron chi connectivity index (χ3n) is 6.74. The largest absolute Gasteiger partial charge is 0.396 e.